The highest BCUT2D eigenvalue weighted by molar-refractivity contribution is 5.38. The van der Waals surface area contributed by atoms with Crippen LogP contribution >= 0.6 is 0 Å². The van der Waals surface area contributed by atoms with Crippen molar-refractivity contribution in [2.24, 2.45) is 5.92 Å². The van der Waals surface area contributed by atoms with Crippen LogP contribution in [0.2, 0.25) is 0 Å². The lowest BCUT2D eigenvalue weighted by molar-refractivity contribution is 0.0936. The van der Waals surface area contributed by atoms with Crippen molar-refractivity contribution in [3.63, 3.8) is 0 Å². The molecule has 0 bridgehead atoms. The lowest BCUT2D eigenvalue weighted by atomic mass is 9.85. The monoisotopic (exact) mass is 275 g/mol. The highest BCUT2D eigenvalue weighted by atomic mass is 16.5. The molecular formula is C18H29NO. The molecule has 3 unspecified atom stereocenters. The SMILES string of the molecule is CNC1CCC(C)CC1Oc1cc(C(C)C)ccc1C. The smallest absolute Gasteiger partial charge is 0.122 e. The molecule has 1 aliphatic rings. The molecule has 1 aliphatic carbocycles. The van der Waals surface area contributed by atoms with Gasteiger partial charge in [-0.3, -0.25) is 0 Å². The Morgan fingerprint density at radius 2 is 2.00 bits per heavy atom. The summed E-state index contributed by atoms with van der Waals surface area (Å²) in [5.74, 6) is 2.37. The predicted molar refractivity (Wildman–Crippen MR) is 85.5 cm³/mol. The number of rotatable bonds is 4. The van der Waals surface area contributed by atoms with Crippen LogP contribution in [0.3, 0.4) is 0 Å². The molecule has 1 fully saturated rings. The van der Waals surface area contributed by atoms with Crippen molar-refractivity contribution in [3.8, 4) is 5.75 Å². The fraction of sp³-hybridized carbons (Fsp3) is 0.667. The van der Waals surface area contributed by atoms with E-state index in [1.807, 2.05) is 0 Å². The van der Waals surface area contributed by atoms with Crippen LogP contribution in [0.15, 0.2) is 18.2 Å². The van der Waals surface area contributed by atoms with Gasteiger partial charge < -0.3 is 10.1 Å². The molecule has 0 spiro atoms. The van der Waals surface area contributed by atoms with E-state index >= 15 is 0 Å². The van der Waals surface area contributed by atoms with Crippen molar-refractivity contribution in [2.75, 3.05) is 7.05 Å². The number of benzene rings is 1. The van der Waals surface area contributed by atoms with E-state index in [1.54, 1.807) is 0 Å². The Hall–Kier alpha value is -1.02. The summed E-state index contributed by atoms with van der Waals surface area (Å²) >= 11 is 0. The van der Waals surface area contributed by atoms with Crippen molar-refractivity contribution in [2.45, 2.75) is 65.0 Å². The standard InChI is InChI=1S/C18H29NO/c1-12(2)15-8-7-14(4)17(11-15)20-18-10-13(3)6-9-16(18)19-5/h7-8,11-13,16,18-19H,6,9-10H2,1-5H3. The Balaban J connectivity index is 2.16. The zero-order valence-corrected chi connectivity index (χ0v) is 13.6. The molecular weight excluding hydrogens is 246 g/mol. The maximum absolute atomic E-state index is 6.39. The number of likely N-dealkylation sites (N-methyl/N-ethyl adjacent to an activating group) is 1. The van der Waals surface area contributed by atoms with Gasteiger partial charge in [0.05, 0.1) is 0 Å². The Kier molecular flexibility index (Phi) is 5.09. The summed E-state index contributed by atoms with van der Waals surface area (Å²) in [5.41, 5.74) is 2.60. The molecule has 112 valence electrons. The van der Waals surface area contributed by atoms with Gasteiger partial charge in [0.2, 0.25) is 0 Å². The first-order valence-corrected chi connectivity index (χ1v) is 7.95. The highest BCUT2D eigenvalue weighted by Gasteiger charge is 2.29. The van der Waals surface area contributed by atoms with Gasteiger partial charge in [-0.25, -0.2) is 0 Å². The van der Waals surface area contributed by atoms with E-state index in [4.69, 9.17) is 4.74 Å². The first-order chi connectivity index (χ1) is 9.51. The fourth-order valence-corrected chi connectivity index (χ4v) is 3.05. The number of hydrogen-bond acceptors (Lipinski definition) is 2. The summed E-state index contributed by atoms with van der Waals surface area (Å²) in [4.78, 5) is 0. The van der Waals surface area contributed by atoms with Crippen LogP contribution in [-0.4, -0.2) is 19.2 Å². The first kappa shape index (κ1) is 15.4. The van der Waals surface area contributed by atoms with Gasteiger partial charge in [0, 0.05) is 6.04 Å². The maximum atomic E-state index is 6.39. The van der Waals surface area contributed by atoms with Crippen LogP contribution in [0.25, 0.3) is 0 Å². The van der Waals surface area contributed by atoms with Gasteiger partial charge in [0.15, 0.2) is 0 Å². The maximum Gasteiger partial charge on any atom is 0.122 e. The van der Waals surface area contributed by atoms with E-state index in [-0.39, 0.29) is 0 Å². The minimum atomic E-state index is 0.296. The molecule has 2 heteroatoms. The van der Waals surface area contributed by atoms with Gasteiger partial charge in [-0.1, -0.05) is 32.9 Å². The average molecular weight is 275 g/mol. The molecule has 0 amide bonds. The van der Waals surface area contributed by atoms with E-state index in [9.17, 15) is 0 Å². The molecule has 2 rings (SSSR count). The van der Waals surface area contributed by atoms with Gasteiger partial charge >= 0.3 is 0 Å². The van der Waals surface area contributed by atoms with E-state index in [2.05, 4.69) is 58.3 Å². The van der Waals surface area contributed by atoms with Crippen molar-refractivity contribution in [1.29, 1.82) is 0 Å². The lowest BCUT2D eigenvalue weighted by Crippen LogP contribution is -2.45. The second-order valence-electron chi connectivity index (χ2n) is 6.65. The third kappa shape index (κ3) is 3.54. The van der Waals surface area contributed by atoms with E-state index in [0.717, 1.165) is 18.1 Å². The zero-order chi connectivity index (χ0) is 14.7. The zero-order valence-electron chi connectivity index (χ0n) is 13.6. The van der Waals surface area contributed by atoms with E-state index in [0.29, 0.717) is 18.1 Å². The summed E-state index contributed by atoms with van der Waals surface area (Å²) < 4.78 is 6.39. The average Bonchev–Trinajstić information content (AvgIpc) is 2.41. The van der Waals surface area contributed by atoms with Crippen molar-refractivity contribution in [1.82, 2.24) is 5.32 Å². The predicted octanol–water partition coefficient (Wildman–Crippen LogP) is 4.27. The third-order valence-electron chi connectivity index (χ3n) is 4.58. The van der Waals surface area contributed by atoms with Crippen LogP contribution in [0, 0.1) is 12.8 Å². The van der Waals surface area contributed by atoms with Crippen LogP contribution in [0.5, 0.6) is 5.75 Å². The molecule has 0 saturated heterocycles. The summed E-state index contributed by atoms with van der Waals surface area (Å²) in [7, 11) is 2.05. The number of hydrogen-bond donors (Lipinski definition) is 1. The lowest BCUT2D eigenvalue weighted by Gasteiger charge is -2.35. The van der Waals surface area contributed by atoms with E-state index < -0.39 is 0 Å². The normalized spacial score (nSPS) is 26.8. The molecule has 1 aromatic rings. The van der Waals surface area contributed by atoms with Crippen molar-refractivity contribution < 1.29 is 4.74 Å². The summed E-state index contributed by atoms with van der Waals surface area (Å²) in [5, 5.41) is 3.43. The quantitative estimate of drug-likeness (QED) is 0.886. The van der Waals surface area contributed by atoms with Crippen molar-refractivity contribution in [3.05, 3.63) is 29.3 Å². The summed E-state index contributed by atoms with van der Waals surface area (Å²) in [6, 6.07) is 7.11. The highest BCUT2D eigenvalue weighted by Crippen LogP contribution is 2.31. The van der Waals surface area contributed by atoms with Gasteiger partial charge in [-0.15, -0.1) is 0 Å². The minimum Gasteiger partial charge on any atom is -0.489 e. The third-order valence-corrected chi connectivity index (χ3v) is 4.58. The van der Waals surface area contributed by atoms with Crippen LogP contribution in [0.1, 0.15) is 57.1 Å². The molecule has 0 aliphatic heterocycles. The second-order valence-corrected chi connectivity index (χ2v) is 6.65. The molecule has 0 aromatic heterocycles. The molecule has 20 heavy (non-hydrogen) atoms. The first-order valence-electron chi connectivity index (χ1n) is 7.95. The van der Waals surface area contributed by atoms with Crippen LogP contribution < -0.4 is 10.1 Å². The number of nitrogens with one attached hydrogen (secondary N) is 1. The van der Waals surface area contributed by atoms with Gasteiger partial charge in [0.1, 0.15) is 11.9 Å². The van der Waals surface area contributed by atoms with Gasteiger partial charge in [-0.2, -0.15) is 0 Å². The minimum absolute atomic E-state index is 0.296. The van der Waals surface area contributed by atoms with Crippen molar-refractivity contribution >= 4 is 0 Å². The number of ether oxygens (including phenoxy) is 1. The van der Waals surface area contributed by atoms with E-state index in [1.165, 1.54) is 24.0 Å². The fourth-order valence-electron chi connectivity index (χ4n) is 3.05. The molecule has 1 aromatic carbocycles. The molecule has 0 heterocycles. The largest absolute Gasteiger partial charge is 0.489 e. The Morgan fingerprint density at radius 1 is 1.25 bits per heavy atom. The summed E-state index contributed by atoms with van der Waals surface area (Å²) in [6.45, 7) is 8.93. The molecule has 1 saturated carbocycles. The molecule has 0 radical (unpaired) electrons. The molecule has 2 nitrogen and oxygen atoms in total. The second kappa shape index (κ2) is 6.62. The van der Waals surface area contributed by atoms with Gasteiger partial charge in [0.25, 0.3) is 0 Å². The van der Waals surface area contributed by atoms with Gasteiger partial charge in [-0.05, 0) is 62.3 Å². The Morgan fingerprint density at radius 3 is 2.65 bits per heavy atom. The number of aryl methyl sites for hydroxylation is 1. The Bertz CT molecular complexity index is 441. The Labute approximate surface area is 123 Å². The molecule has 3 atom stereocenters. The topological polar surface area (TPSA) is 21.3 Å². The van der Waals surface area contributed by atoms with Crippen LogP contribution in [-0.2, 0) is 0 Å². The summed E-state index contributed by atoms with van der Waals surface area (Å²) in [6.07, 6.45) is 3.96. The molecule has 1 N–H and O–H groups in total. The van der Waals surface area contributed by atoms with Crippen LogP contribution in [0.4, 0.5) is 0 Å².